The van der Waals surface area contributed by atoms with Gasteiger partial charge in [-0.2, -0.15) is 0 Å². The van der Waals surface area contributed by atoms with E-state index in [4.69, 9.17) is 9.84 Å². The Morgan fingerprint density at radius 2 is 2.28 bits per heavy atom. The molecule has 1 aliphatic heterocycles. The van der Waals surface area contributed by atoms with Gasteiger partial charge in [-0.3, -0.25) is 9.69 Å². The van der Waals surface area contributed by atoms with Crippen molar-refractivity contribution in [2.75, 3.05) is 26.3 Å². The van der Waals surface area contributed by atoms with Crippen molar-refractivity contribution in [1.29, 1.82) is 0 Å². The lowest BCUT2D eigenvalue weighted by atomic mass is 10.2. The Balaban J connectivity index is 2.56. The average Bonchev–Trinajstić information content (AvgIpc) is 2.28. The second kappa shape index (κ2) is 7.13. The van der Waals surface area contributed by atoms with E-state index in [2.05, 4.69) is 5.32 Å². The Morgan fingerprint density at radius 1 is 1.56 bits per heavy atom. The Kier molecular flexibility index (Phi) is 5.80. The molecule has 0 aromatic heterocycles. The van der Waals surface area contributed by atoms with Crippen LogP contribution in [-0.4, -0.2) is 60.3 Å². The Bertz CT molecular complexity index is 328. The van der Waals surface area contributed by atoms with Crippen LogP contribution in [0.25, 0.3) is 0 Å². The summed E-state index contributed by atoms with van der Waals surface area (Å²) in [6.07, 6.45) is 2.64. The molecule has 0 aromatic carbocycles. The van der Waals surface area contributed by atoms with E-state index >= 15 is 0 Å². The molecule has 1 fully saturated rings. The molecule has 1 rings (SSSR count). The molecule has 18 heavy (non-hydrogen) atoms. The predicted octanol–water partition coefficient (Wildman–Crippen LogP) is -0.147. The smallest absolute Gasteiger partial charge is 0.328 e. The van der Waals surface area contributed by atoms with Crippen molar-refractivity contribution in [2.45, 2.75) is 25.9 Å². The van der Waals surface area contributed by atoms with Crippen molar-refractivity contribution in [3.63, 3.8) is 0 Å². The summed E-state index contributed by atoms with van der Waals surface area (Å²) in [5.74, 6) is -1.06. The topological polar surface area (TPSA) is 78.9 Å². The number of nitrogens with one attached hydrogen (secondary N) is 1. The molecule has 2 N–H and O–H groups in total. The highest BCUT2D eigenvalue weighted by atomic mass is 16.5. The predicted molar refractivity (Wildman–Crippen MR) is 66.2 cm³/mol. The van der Waals surface area contributed by atoms with Crippen molar-refractivity contribution in [3.05, 3.63) is 12.2 Å². The fraction of sp³-hybridized carbons (Fsp3) is 0.667. The molecule has 0 bridgehead atoms. The van der Waals surface area contributed by atoms with Gasteiger partial charge in [-0.05, 0) is 13.8 Å². The van der Waals surface area contributed by atoms with Crippen molar-refractivity contribution >= 4 is 11.9 Å². The highest BCUT2D eigenvalue weighted by molar-refractivity contribution is 5.82. The molecule has 6 nitrogen and oxygen atoms in total. The molecule has 0 spiro atoms. The molecule has 1 amide bonds. The first-order valence-electron chi connectivity index (χ1n) is 6.02. The molecular formula is C12H20N2O4. The lowest BCUT2D eigenvalue weighted by Gasteiger charge is -2.34. The molecular weight excluding hydrogens is 236 g/mol. The highest BCUT2D eigenvalue weighted by Gasteiger charge is 2.28. The van der Waals surface area contributed by atoms with E-state index < -0.39 is 5.97 Å². The van der Waals surface area contributed by atoms with Crippen LogP contribution in [0.4, 0.5) is 0 Å². The van der Waals surface area contributed by atoms with Crippen molar-refractivity contribution in [2.24, 2.45) is 0 Å². The van der Waals surface area contributed by atoms with Crippen LogP contribution < -0.4 is 5.32 Å². The van der Waals surface area contributed by atoms with Crippen LogP contribution in [-0.2, 0) is 14.3 Å². The lowest BCUT2D eigenvalue weighted by Crippen LogP contribution is -2.54. The largest absolute Gasteiger partial charge is 0.478 e. The summed E-state index contributed by atoms with van der Waals surface area (Å²) in [4.78, 5) is 24.3. The summed E-state index contributed by atoms with van der Waals surface area (Å²) in [5, 5.41) is 11.4. The van der Waals surface area contributed by atoms with Gasteiger partial charge in [-0.1, -0.05) is 6.08 Å². The summed E-state index contributed by atoms with van der Waals surface area (Å²) >= 11 is 0. The third-order valence-electron chi connectivity index (χ3n) is 2.57. The van der Waals surface area contributed by atoms with Gasteiger partial charge in [-0.25, -0.2) is 4.79 Å². The average molecular weight is 256 g/mol. The van der Waals surface area contributed by atoms with E-state index in [1.165, 1.54) is 0 Å². The Hall–Kier alpha value is -1.40. The van der Waals surface area contributed by atoms with Gasteiger partial charge in [0.25, 0.3) is 0 Å². The van der Waals surface area contributed by atoms with Crippen LogP contribution in [0.3, 0.4) is 0 Å². The van der Waals surface area contributed by atoms with Crippen LogP contribution in [0.5, 0.6) is 0 Å². The fourth-order valence-electron chi connectivity index (χ4n) is 1.77. The van der Waals surface area contributed by atoms with Gasteiger partial charge in [-0.15, -0.1) is 0 Å². The number of amides is 1. The molecule has 0 saturated carbocycles. The van der Waals surface area contributed by atoms with Gasteiger partial charge in [0.05, 0.1) is 13.2 Å². The third kappa shape index (κ3) is 4.85. The van der Waals surface area contributed by atoms with E-state index in [9.17, 15) is 9.59 Å². The van der Waals surface area contributed by atoms with Crippen molar-refractivity contribution < 1.29 is 19.4 Å². The summed E-state index contributed by atoms with van der Waals surface area (Å²) < 4.78 is 5.30. The molecule has 6 heteroatoms. The van der Waals surface area contributed by atoms with Gasteiger partial charge in [0.15, 0.2) is 0 Å². The number of morpholine rings is 1. The normalized spacial score (nSPS) is 21.4. The number of rotatable bonds is 5. The molecule has 1 atom stereocenters. The minimum Gasteiger partial charge on any atom is -0.478 e. The van der Waals surface area contributed by atoms with E-state index in [1.807, 2.05) is 18.7 Å². The number of carboxylic acid groups (broad SMARTS) is 1. The SMILES string of the molecule is CC(C)NC(=O)C1COCCN1C/C=C/C(=O)O. The van der Waals surface area contributed by atoms with Gasteiger partial charge in [0.2, 0.25) is 5.91 Å². The summed E-state index contributed by atoms with van der Waals surface area (Å²) in [6.45, 7) is 5.77. The number of aliphatic carboxylic acids is 1. The number of ether oxygens (including phenoxy) is 1. The Labute approximate surface area is 107 Å². The maximum Gasteiger partial charge on any atom is 0.328 e. The van der Waals surface area contributed by atoms with Crippen LogP contribution in [0.2, 0.25) is 0 Å². The zero-order valence-corrected chi connectivity index (χ0v) is 10.8. The molecule has 1 aliphatic rings. The summed E-state index contributed by atoms with van der Waals surface area (Å²) in [5.41, 5.74) is 0. The second-order valence-corrected chi connectivity index (χ2v) is 4.49. The van der Waals surface area contributed by atoms with Gasteiger partial charge in [0.1, 0.15) is 6.04 Å². The Morgan fingerprint density at radius 3 is 2.89 bits per heavy atom. The van der Waals surface area contributed by atoms with Crippen LogP contribution >= 0.6 is 0 Å². The van der Waals surface area contributed by atoms with Gasteiger partial charge < -0.3 is 15.2 Å². The monoisotopic (exact) mass is 256 g/mol. The minimum atomic E-state index is -0.980. The minimum absolute atomic E-state index is 0.0755. The summed E-state index contributed by atoms with van der Waals surface area (Å²) in [7, 11) is 0. The second-order valence-electron chi connectivity index (χ2n) is 4.49. The van der Waals surface area contributed by atoms with Gasteiger partial charge >= 0.3 is 5.97 Å². The highest BCUT2D eigenvalue weighted by Crippen LogP contribution is 2.07. The number of carboxylic acids is 1. The van der Waals surface area contributed by atoms with Crippen molar-refractivity contribution in [3.8, 4) is 0 Å². The molecule has 0 radical (unpaired) electrons. The van der Waals surface area contributed by atoms with E-state index in [-0.39, 0.29) is 18.0 Å². The number of hydrogen-bond donors (Lipinski definition) is 2. The van der Waals surface area contributed by atoms with Crippen LogP contribution in [0, 0.1) is 0 Å². The van der Waals surface area contributed by atoms with Crippen molar-refractivity contribution in [1.82, 2.24) is 10.2 Å². The maximum atomic E-state index is 11.9. The fourth-order valence-corrected chi connectivity index (χ4v) is 1.77. The molecule has 1 saturated heterocycles. The van der Waals surface area contributed by atoms with E-state index in [0.29, 0.717) is 26.3 Å². The molecule has 102 valence electrons. The zero-order valence-electron chi connectivity index (χ0n) is 10.8. The van der Waals surface area contributed by atoms with Gasteiger partial charge in [0, 0.05) is 25.2 Å². The molecule has 1 unspecified atom stereocenters. The number of nitrogens with zero attached hydrogens (tertiary/aromatic N) is 1. The lowest BCUT2D eigenvalue weighted by molar-refractivity contribution is -0.132. The van der Waals surface area contributed by atoms with Crippen LogP contribution in [0.1, 0.15) is 13.8 Å². The quantitative estimate of drug-likeness (QED) is 0.669. The molecule has 1 heterocycles. The first kappa shape index (κ1) is 14.7. The molecule has 0 aliphatic carbocycles. The molecule has 0 aromatic rings. The number of carbonyl (C=O) groups is 2. The zero-order chi connectivity index (χ0) is 13.5. The first-order chi connectivity index (χ1) is 8.50. The number of hydrogen-bond acceptors (Lipinski definition) is 4. The number of carbonyl (C=O) groups excluding carboxylic acids is 1. The van der Waals surface area contributed by atoms with E-state index in [1.54, 1.807) is 6.08 Å². The van der Waals surface area contributed by atoms with Crippen LogP contribution in [0.15, 0.2) is 12.2 Å². The third-order valence-corrected chi connectivity index (χ3v) is 2.57. The van der Waals surface area contributed by atoms with E-state index in [0.717, 1.165) is 6.08 Å². The first-order valence-corrected chi connectivity index (χ1v) is 6.02. The summed E-state index contributed by atoms with van der Waals surface area (Å²) in [6, 6.07) is -0.268. The maximum absolute atomic E-state index is 11.9. The standard InChI is InChI=1S/C12H20N2O4/c1-9(2)13-12(17)10-8-18-7-6-14(10)5-3-4-11(15)16/h3-4,9-10H,5-8H2,1-2H3,(H,13,17)(H,15,16)/b4-3+.